The van der Waals surface area contributed by atoms with Crippen molar-refractivity contribution in [2.45, 2.75) is 11.8 Å². The van der Waals surface area contributed by atoms with Gasteiger partial charge in [-0.1, -0.05) is 48.6 Å². The number of benzene rings is 1. The van der Waals surface area contributed by atoms with Crippen LogP contribution in [0.5, 0.6) is 0 Å². The number of hydrogen-bond acceptors (Lipinski definition) is 4. The fourth-order valence-electron chi connectivity index (χ4n) is 3.15. The fraction of sp³-hybridized carbons (Fsp3) is 0.111. The van der Waals surface area contributed by atoms with Gasteiger partial charge in [0.05, 0.1) is 5.41 Å². The monoisotopic (exact) mass is 333 g/mol. The van der Waals surface area contributed by atoms with Crippen molar-refractivity contribution in [3.63, 3.8) is 0 Å². The number of aromatic carboxylic acids is 1. The van der Waals surface area contributed by atoms with Gasteiger partial charge < -0.3 is 10.1 Å². The van der Waals surface area contributed by atoms with Gasteiger partial charge in [0.25, 0.3) is 0 Å². The van der Waals surface area contributed by atoms with Gasteiger partial charge in [0.1, 0.15) is 11.5 Å². The molecule has 0 saturated heterocycles. The van der Waals surface area contributed by atoms with Crippen LogP contribution in [0.15, 0.2) is 61.0 Å². The predicted octanol–water partition coefficient (Wildman–Crippen LogP) is 2.56. The maximum absolute atomic E-state index is 11.5. The third-order valence-electron chi connectivity index (χ3n) is 4.39. The first kappa shape index (κ1) is 15.1. The van der Waals surface area contributed by atoms with Crippen molar-refractivity contribution in [1.82, 2.24) is 25.4 Å². The lowest BCUT2D eigenvalue weighted by molar-refractivity contribution is 0.0688. The molecule has 2 aromatic heterocycles. The molecular formula is C18H15N5O2. The SMILES string of the molecule is O=C(O)c1n[nH]nc1C1(c2ncc[nH]2)C=CC(c2ccccc2)=CC1. The van der Waals surface area contributed by atoms with Crippen LogP contribution in [0.2, 0.25) is 0 Å². The Hall–Kier alpha value is -3.48. The summed E-state index contributed by atoms with van der Waals surface area (Å²) in [5.41, 5.74) is 1.61. The number of hydrogen-bond donors (Lipinski definition) is 3. The molecular weight excluding hydrogens is 318 g/mol. The number of H-pyrrole nitrogens is 2. The Labute approximate surface area is 143 Å². The Morgan fingerprint density at radius 3 is 2.68 bits per heavy atom. The normalized spacial score (nSPS) is 19.6. The highest BCUT2D eigenvalue weighted by Crippen LogP contribution is 2.40. The summed E-state index contributed by atoms with van der Waals surface area (Å²) < 4.78 is 0. The number of aromatic amines is 2. The van der Waals surface area contributed by atoms with E-state index in [1.165, 1.54) is 0 Å². The molecule has 0 fully saturated rings. The van der Waals surface area contributed by atoms with Gasteiger partial charge in [0, 0.05) is 12.4 Å². The first-order valence-electron chi connectivity index (χ1n) is 7.80. The third kappa shape index (κ3) is 2.46. The van der Waals surface area contributed by atoms with Crippen LogP contribution < -0.4 is 0 Å². The lowest BCUT2D eigenvalue weighted by Gasteiger charge is -2.29. The van der Waals surface area contributed by atoms with E-state index in [9.17, 15) is 9.90 Å². The molecule has 3 N–H and O–H groups in total. The van der Waals surface area contributed by atoms with E-state index >= 15 is 0 Å². The maximum atomic E-state index is 11.5. The predicted molar refractivity (Wildman–Crippen MR) is 90.9 cm³/mol. The highest BCUT2D eigenvalue weighted by Gasteiger charge is 2.41. The van der Waals surface area contributed by atoms with Crippen LogP contribution >= 0.6 is 0 Å². The first-order chi connectivity index (χ1) is 12.2. The minimum Gasteiger partial charge on any atom is -0.476 e. The van der Waals surface area contributed by atoms with Crippen LogP contribution in [-0.2, 0) is 5.41 Å². The number of carboxylic acid groups (broad SMARTS) is 1. The van der Waals surface area contributed by atoms with Crippen molar-refractivity contribution in [2.75, 3.05) is 0 Å². The second-order valence-electron chi connectivity index (χ2n) is 5.80. The lowest BCUT2D eigenvalue weighted by atomic mass is 9.75. The van der Waals surface area contributed by atoms with Gasteiger partial charge in [-0.2, -0.15) is 10.3 Å². The topological polar surface area (TPSA) is 108 Å². The third-order valence-corrected chi connectivity index (χ3v) is 4.39. The van der Waals surface area contributed by atoms with E-state index in [2.05, 4.69) is 31.5 Å². The molecule has 1 aliphatic carbocycles. The van der Waals surface area contributed by atoms with E-state index in [1.807, 2.05) is 42.5 Å². The molecule has 0 spiro atoms. The molecule has 0 radical (unpaired) electrons. The molecule has 4 rings (SSSR count). The quantitative estimate of drug-likeness (QED) is 0.680. The van der Waals surface area contributed by atoms with Crippen LogP contribution in [-0.4, -0.2) is 36.5 Å². The van der Waals surface area contributed by atoms with Crippen molar-refractivity contribution < 1.29 is 9.90 Å². The van der Waals surface area contributed by atoms with Crippen molar-refractivity contribution in [2.24, 2.45) is 0 Å². The smallest absolute Gasteiger partial charge is 0.358 e. The number of nitrogens with zero attached hydrogens (tertiary/aromatic N) is 3. The minimum absolute atomic E-state index is 0.0994. The number of rotatable bonds is 4. The van der Waals surface area contributed by atoms with Gasteiger partial charge >= 0.3 is 5.97 Å². The number of nitrogens with one attached hydrogen (secondary N) is 2. The van der Waals surface area contributed by atoms with Crippen LogP contribution in [0.1, 0.15) is 34.0 Å². The standard InChI is InChI=1S/C18H15N5O2/c24-16(25)14-15(22-23-21-14)18(17-19-10-11-20-17)8-6-13(7-9-18)12-4-2-1-3-5-12/h1-8,10-11H,9H2,(H,19,20)(H,24,25)(H,21,22,23). The van der Waals surface area contributed by atoms with Crippen LogP contribution in [0.4, 0.5) is 0 Å². The molecule has 0 amide bonds. The van der Waals surface area contributed by atoms with E-state index in [-0.39, 0.29) is 5.69 Å². The Morgan fingerprint density at radius 1 is 1.20 bits per heavy atom. The zero-order chi connectivity index (χ0) is 17.3. The van der Waals surface area contributed by atoms with Gasteiger partial charge in [0.15, 0.2) is 5.69 Å². The van der Waals surface area contributed by atoms with E-state index in [1.54, 1.807) is 12.4 Å². The van der Waals surface area contributed by atoms with E-state index < -0.39 is 11.4 Å². The molecule has 7 nitrogen and oxygen atoms in total. The van der Waals surface area contributed by atoms with Gasteiger partial charge in [-0.05, 0) is 17.6 Å². The lowest BCUT2D eigenvalue weighted by Crippen LogP contribution is -2.30. The number of carbonyl (C=O) groups is 1. The second kappa shape index (κ2) is 5.86. The molecule has 0 saturated carbocycles. The first-order valence-corrected chi connectivity index (χ1v) is 7.80. The molecule has 124 valence electrons. The Balaban J connectivity index is 1.81. The highest BCUT2D eigenvalue weighted by molar-refractivity contribution is 5.87. The summed E-state index contributed by atoms with van der Waals surface area (Å²) in [7, 11) is 0. The molecule has 0 aliphatic heterocycles. The number of aromatic nitrogens is 5. The number of carboxylic acids is 1. The summed E-state index contributed by atoms with van der Waals surface area (Å²) >= 11 is 0. The summed E-state index contributed by atoms with van der Waals surface area (Å²) in [5.74, 6) is -0.496. The molecule has 7 heteroatoms. The van der Waals surface area contributed by atoms with Crippen molar-refractivity contribution in [1.29, 1.82) is 0 Å². The van der Waals surface area contributed by atoms with Crippen molar-refractivity contribution in [3.8, 4) is 0 Å². The van der Waals surface area contributed by atoms with Crippen LogP contribution in [0, 0.1) is 0 Å². The number of imidazole rings is 1. The highest BCUT2D eigenvalue weighted by atomic mass is 16.4. The van der Waals surface area contributed by atoms with Gasteiger partial charge in [-0.25, -0.2) is 9.78 Å². The summed E-state index contributed by atoms with van der Waals surface area (Å²) in [4.78, 5) is 19.0. The molecule has 1 atom stereocenters. The molecule has 3 aromatic rings. The summed E-state index contributed by atoms with van der Waals surface area (Å²) in [5, 5.41) is 19.8. The van der Waals surface area contributed by atoms with Gasteiger partial charge in [-0.15, -0.1) is 5.10 Å². The summed E-state index contributed by atoms with van der Waals surface area (Å²) in [6.45, 7) is 0. The average Bonchev–Trinajstić information content (AvgIpc) is 3.35. The van der Waals surface area contributed by atoms with Crippen LogP contribution in [0.25, 0.3) is 5.57 Å². The Bertz CT molecular complexity index is 957. The van der Waals surface area contributed by atoms with Crippen molar-refractivity contribution in [3.05, 3.63) is 83.7 Å². The molecule has 25 heavy (non-hydrogen) atoms. The fourth-order valence-corrected chi connectivity index (χ4v) is 3.15. The largest absolute Gasteiger partial charge is 0.476 e. The number of allylic oxidation sites excluding steroid dienone is 4. The molecule has 1 unspecified atom stereocenters. The van der Waals surface area contributed by atoms with Crippen molar-refractivity contribution >= 4 is 11.5 Å². The van der Waals surface area contributed by atoms with Crippen LogP contribution in [0.3, 0.4) is 0 Å². The summed E-state index contributed by atoms with van der Waals surface area (Å²) in [6, 6.07) is 10.0. The zero-order valence-corrected chi connectivity index (χ0v) is 13.2. The molecule has 1 aliphatic rings. The van der Waals surface area contributed by atoms with E-state index in [4.69, 9.17) is 0 Å². The summed E-state index contributed by atoms with van der Waals surface area (Å²) in [6.07, 6.45) is 9.86. The zero-order valence-electron chi connectivity index (χ0n) is 13.2. The molecule has 1 aromatic carbocycles. The second-order valence-corrected chi connectivity index (χ2v) is 5.80. The van der Waals surface area contributed by atoms with Gasteiger partial charge in [-0.3, -0.25) is 0 Å². The van der Waals surface area contributed by atoms with Gasteiger partial charge in [0.2, 0.25) is 0 Å². The average molecular weight is 333 g/mol. The van der Waals surface area contributed by atoms with E-state index in [0.29, 0.717) is 17.9 Å². The molecule has 0 bridgehead atoms. The molecule has 2 heterocycles. The Morgan fingerprint density at radius 2 is 2.04 bits per heavy atom. The van der Waals surface area contributed by atoms with E-state index in [0.717, 1.165) is 11.1 Å². The maximum Gasteiger partial charge on any atom is 0.358 e. The minimum atomic E-state index is -1.12. The Kier molecular flexibility index (Phi) is 3.53.